The number of hydrazone groups is 1. The summed E-state index contributed by atoms with van der Waals surface area (Å²) >= 11 is 0. The van der Waals surface area contributed by atoms with E-state index in [1.165, 1.54) is 24.5 Å². The zero-order valence-corrected chi connectivity index (χ0v) is 18.9. The number of nitrogens with zero attached hydrogens (tertiary/aromatic N) is 1. The molecule has 168 valence electrons. The SMILES string of the molecule is CCOc1cc(/C=N\NC(=O)OC)ccc1OCCCOc1cc(C)ccc1C(C)C. The Hall–Kier alpha value is -3.22. The summed E-state index contributed by atoms with van der Waals surface area (Å²) in [6, 6.07) is 11.8. The second-order valence-corrected chi connectivity index (χ2v) is 7.25. The minimum atomic E-state index is -0.630. The maximum absolute atomic E-state index is 11.1. The Labute approximate surface area is 184 Å². The first kappa shape index (κ1) is 24.1. The van der Waals surface area contributed by atoms with Crippen LogP contribution in [0.4, 0.5) is 4.79 Å². The first-order chi connectivity index (χ1) is 14.9. The normalized spacial score (nSPS) is 10.9. The Morgan fingerprint density at radius 1 is 1.03 bits per heavy atom. The van der Waals surface area contributed by atoms with E-state index in [1.54, 1.807) is 6.07 Å². The standard InChI is InChI=1S/C24H32N2O5/c1-6-29-23-15-19(16-25-26-24(27)28-5)9-11-21(23)30-12-7-13-31-22-14-18(4)8-10-20(22)17(2)3/h8-11,14-17H,6-7,12-13H2,1-5H3,(H,26,27)/b25-16-. The van der Waals surface area contributed by atoms with Crippen molar-refractivity contribution in [2.45, 2.75) is 40.0 Å². The van der Waals surface area contributed by atoms with Crippen LogP contribution in [-0.4, -0.2) is 39.2 Å². The summed E-state index contributed by atoms with van der Waals surface area (Å²) in [5.41, 5.74) is 5.40. The number of aryl methyl sites for hydroxylation is 1. The Morgan fingerprint density at radius 3 is 2.45 bits per heavy atom. The lowest BCUT2D eigenvalue weighted by atomic mass is 10.0. The monoisotopic (exact) mass is 428 g/mol. The molecule has 1 amide bonds. The van der Waals surface area contributed by atoms with Gasteiger partial charge >= 0.3 is 6.09 Å². The van der Waals surface area contributed by atoms with Gasteiger partial charge in [-0.25, -0.2) is 10.2 Å². The molecule has 0 spiro atoms. The molecule has 2 aromatic rings. The minimum Gasteiger partial charge on any atom is -0.493 e. The number of ether oxygens (including phenoxy) is 4. The van der Waals surface area contributed by atoms with Crippen molar-refractivity contribution in [3.63, 3.8) is 0 Å². The molecule has 0 unspecified atom stereocenters. The number of rotatable bonds is 11. The predicted octanol–water partition coefficient (Wildman–Crippen LogP) is 5.05. The van der Waals surface area contributed by atoms with Crippen molar-refractivity contribution < 1.29 is 23.7 Å². The van der Waals surface area contributed by atoms with Crippen molar-refractivity contribution in [3.8, 4) is 17.2 Å². The van der Waals surface area contributed by atoms with E-state index in [0.29, 0.717) is 37.2 Å². The topological polar surface area (TPSA) is 78.4 Å². The highest BCUT2D eigenvalue weighted by Gasteiger charge is 2.09. The van der Waals surface area contributed by atoms with Gasteiger partial charge in [-0.2, -0.15) is 5.10 Å². The number of carbonyl (C=O) groups excluding carboxylic acids is 1. The van der Waals surface area contributed by atoms with E-state index in [2.05, 4.69) is 54.2 Å². The molecule has 0 heterocycles. The van der Waals surface area contributed by atoms with E-state index in [1.807, 2.05) is 19.1 Å². The predicted molar refractivity (Wildman–Crippen MR) is 122 cm³/mol. The van der Waals surface area contributed by atoms with Gasteiger partial charge in [-0.05, 0) is 60.7 Å². The second kappa shape index (κ2) is 12.5. The summed E-state index contributed by atoms with van der Waals surface area (Å²) < 4.78 is 22.1. The number of amides is 1. The van der Waals surface area contributed by atoms with Gasteiger partial charge in [0.2, 0.25) is 0 Å². The first-order valence-electron chi connectivity index (χ1n) is 10.4. The van der Waals surface area contributed by atoms with E-state index < -0.39 is 6.09 Å². The van der Waals surface area contributed by atoms with Crippen LogP contribution in [0.2, 0.25) is 0 Å². The molecule has 0 fully saturated rings. The number of carbonyl (C=O) groups is 1. The molecule has 0 radical (unpaired) electrons. The van der Waals surface area contributed by atoms with Gasteiger partial charge in [0, 0.05) is 6.42 Å². The molecule has 0 saturated heterocycles. The third kappa shape index (κ3) is 7.85. The minimum absolute atomic E-state index is 0.408. The van der Waals surface area contributed by atoms with Gasteiger partial charge in [0.25, 0.3) is 0 Å². The maximum atomic E-state index is 11.1. The average Bonchev–Trinajstić information content (AvgIpc) is 2.74. The number of hydrogen-bond donors (Lipinski definition) is 1. The molecule has 31 heavy (non-hydrogen) atoms. The molecular formula is C24H32N2O5. The molecule has 0 saturated carbocycles. The molecule has 0 aliphatic heterocycles. The third-order valence-electron chi connectivity index (χ3n) is 4.42. The molecule has 2 aromatic carbocycles. The van der Waals surface area contributed by atoms with Gasteiger partial charge in [-0.3, -0.25) is 0 Å². The lowest BCUT2D eigenvalue weighted by Crippen LogP contribution is -2.16. The maximum Gasteiger partial charge on any atom is 0.427 e. The molecule has 7 nitrogen and oxygen atoms in total. The fraction of sp³-hybridized carbons (Fsp3) is 0.417. The summed E-state index contributed by atoms with van der Waals surface area (Å²) in [5.74, 6) is 2.62. The van der Waals surface area contributed by atoms with E-state index in [0.717, 1.165) is 17.7 Å². The van der Waals surface area contributed by atoms with E-state index in [-0.39, 0.29) is 0 Å². The Bertz CT molecular complexity index is 880. The van der Waals surface area contributed by atoms with Crippen LogP contribution in [0.15, 0.2) is 41.5 Å². The average molecular weight is 429 g/mol. The molecule has 2 rings (SSSR count). The van der Waals surface area contributed by atoms with Gasteiger partial charge in [0.05, 0.1) is 33.1 Å². The van der Waals surface area contributed by atoms with Crippen LogP contribution < -0.4 is 19.6 Å². The number of hydrogen-bond acceptors (Lipinski definition) is 6. The largest absolute Gasteiger partial charge is 0.493 e. The van der Waals surface area contributed by atoms with Gasteiger partial charge in [0.1, 0.15) is 5.75 Å². The van der Waals surface area contributed by atoms with Crippen molar-refractivity contribution in [3.05, 3.63) is 53.1 Å². The molecule has 7 heteroatoms. The molecular weight excluding hydrogens is 396 g/mol. The Balaban J connectivity index is 1.90. The summed E-state index contributed by atoms with van der Waals surface area (Å²) in [6.45, 7) is 9.87. The molecule has 0 aromatic heterocycles. The van der Waals surface area contributed by atoms with Crippen LogP contribution in [0.3, 0.4) is 0 Å². The van der Waals surface area contributed by atoms with Gasteiger partial charge in [-0.15, -0.1) is 0 Å². The summed E-state index contributed by atoms with van der Waals surface area (Å²) in [5, 5.41) is 3.82. The van der Waals surface area contributed by atoms with Crippen LogP contribution in [-0.2, 0) is 4.74 Å². The number of methoxy groups -OCH3 is 1. The van der Waals surface area contributed by atoms with Gasteiger partial charge in [0.15, 0.2) is 11.5 Å². The molecule has 0 atom stereocenters. The van der Waals surface area contributed by atoms with Crippen molar-refractivity contribution in [1.29, 1.82) is 0 Å². The molecule has 0 aliphatic carbocycles. The Morgan fingerprint density at radius 2 is 1.77 bits per heavy atom. The van der Waals surface area contributed by atoms with Crippen LogP contribution in [0.25, 0.3) is 0 Å². The highest BCUT2D eigenvalue weighted by atomic mass is 16.5. The zero-order chi connectivity index (χ0) is 22.6. The van der Waals surface area contributed by atoms with Crippen LogP contribution in [0.1, 0.15) is 49.8 Å². The van der Waals surface area contributed by atoms with Crippen molar-refractivity contribution in [2.75, 3.05) is 26.9 Å². The number of benzene rings is 2. The molecule has 1 N–H and O–H groups in total. The molecule has 0 aliphatic rings. The van der Waals surface area contributed by atoms with E-state index in [9.17, 15) is 4.79 Å². The van der Waals surface area contributed by atoms with Crippen LogP contribution in [0.5, 0.6) is 17.2 Å². The van der Waals surface area contributed by atoms with E-state index >= 15 is 0 Å². The Kier molecular flexibility index (Phi) is 9.68. The third-order valence-corrected chi connectivity index (χ3v) is 4.42. The van der Waals surface area contributed by atoms with Gasteiger partial charge < -0.3 is 18.9 Å². The van der Waals surface area contributed by atoms with Crippen LogP contribution >= 0.6 is 0 Å². The second-order valence-electron chi connectivity index (χ2n) is 7.25. The van der Waals surface area contributed by atoms with E-state index in [4.69, 9.17) is 14.2 Å². The van der Waals surface area contributed by atoms with Crippen molar-refractivity contribution in [2.24, 2.45) is 5.10 Å². The summed E-state index contributed by atoms with van der Waals surface area (Å²) in [4.78, 5) is 11.1. The fourth-order valence-corrected chi connectivity index (χ4v) is 2.86. The summed E-state index contributed by atoms with van der Waals surface area (Å²) in [6.07, 6.45) is 1.61. The van der Waals surface area contributed by atoms with Crippen molar-refractivity contribution in [1.82, 2.24) is 5.43 Å². The van der Waals surface area contributed by atoms with Crippen molar-refractivity contribution >= 4 is 12.3 Å². The smallest absolute Gasteiger partial charge is 0.427 e. The highest BCUT2D eigenvalue weighted by molar-refractivity contribution is 5.82. The lowest BCUT2D eigenvalue weighted by Gasteiger charge is -2.16. The highest BCUT2D eigenvalue weighted by Crippen LogP contribution is 2.29. The first-order valence-corrected chi connectivity index (χ1v) is 10.4. The van der Waals surface area contributed by atoms with Crippen LogP contribution in [0, 0.1) is 6.92 Å². The fourth-order valence-electron chi connectivity index (χ4n) is 2.86. The zero-order valence-electron chi connectivity index (χ0n) is 18.9. The van der Waals surface area contributed by atoms with Gasteiger partial charge in [-0.1, -0.05) is 26.0 Å². The summed E-state index contributed by atoms with van der Waals surface area (Å²) in [7, 11) is 1.28. The lowest BCUT2D eigenvalue weighted by molar-refractivity contribution is 0.171. The quantitative estimate of drug-likeness (QED) is 0.308. The molecule has 0 bridgehead atoms. The number of nitrogens with one attached hydrogen (secondary N) is 1.